The summed E-state index contributed by atoms with van der Waals surface area (Å²) in [6.45, 7) is 2.35. The van der Waals surface area contributed by atoms with Gasteiger partial charge in [0.1, 0.15) is 0 Å². The number of rotatable bonds is 2. The fraction of sp³-hybridized carbons (Fsp3) is 0.400. The summed E-state index contributed by atoms with van der Waals surface area (Å²) in [6, 6.07) is 3.56. The summed E-state index contributed by atoms with van der Waals surface area (Å²) in [5.41, 5.74) is -0.302. The average molecular weight is 312 g/mol. The van der Waals surface area contributed by atoms with Gasteiger partial charge in [0.2, 0.25) is 5.56 Å². The second kappa shape index (κ2) is 5.01. The number of anilines is 1. The van der Waals surface area contributed by atoms with Crippen LogP contribution in [0.15, 0.2) is 23.0 Å². The minimum atomic E-state index is -4.60. The van der Waals surface area contributed by atoms with Crippen molar-refractivity contribution in [3.63, 3.8) is 0 Å². The molecule has 0 radical (unpaired) electrons. The first-order valence-electron chi connectivity index (χ1n) is 7.00. The summed E-state index contributed by atoms with van der Waals surface area (Å²) in [6.07, 6.45) is -4.28. The summed E-state index contributed by atoms with van der Waals surface area (Å²) >= 11 is 0. The van der Waals surface area contributed by atoms with E-state index in [4.69, 9.17) is 0 Å². The van der Waals surface area contributed by atoms with Gasteiger partial charge in [-0.05, 0) is 31.0 Å². The molecule has 1 aliphatic heterocycles. The minimum absolute atomic E-state index is 0.0269. The third kappa shape index (κ3) is 2.16. The Labute approximate surface area is 124 Å². The van der Waals surface area contributed by atoms with Gasteiger partial charge in [-0.1, -0.05) is 0 Å². The van der Waals surface area contributed by atoms with Crippen molar-refractivity contribution in [3.05, 3.63) is 39.7 Å². The lowest BCUT2D eigenvalue weighted by atomic mass is 9.99. The lowest BCUT2D eigenvalue weighted by molar-refractivity contribution is -0.136. The average Bonchev–Trinajstić information content (AvgIpc) is 2.82. The summed E-state index contributed by atoms with van der Waals surface area (Å²) in [7, 11) is 0. The van der Waals surface area contributed by atoms with Gasteiger partial charge in [-0.25, -0.2) is 0 Å². The van der Waals surface area contributed by atoms with Crippen LogP contribution in [0.1, 0.15) is 18.1 Å². The number of H-pyrrole nitrogens is 1. The van der Waals surface area contributed by atoms with E-state index in [0.29, 0.717) is 30.3 Å². The molecule has 1 aromatic carbocycles. The smallest absolute Gasteiger partial charge is 0.394 e. The van der Waals surface area contributed by atoms with E-state index >= 15 is 0 Å². The molecular formula is C15H15F3N2O2. The molecule has 0 aliphatic carbocycles. The molecule has 1 aromatic heterocycles. The Hall–Kier alpha value is -2.02. The first-order chi connectivity index (χ1) is 10.4. The Morgan fingerprint density at radius 2 is 2.14 bits per heavy atom. The van der Waals surface area contributed by atoms with Crippen LogP contribution in [0.2, 0.25) is 0 Å². The van der Waals surface area contributed by atoms with E-state index in [0.717, 1.165) is 0 Å². The van der Waals surface area contributed by atoms with Crippen LogP contribution in [0, 0.1) is 0 Å². The molecule has 0 bridgehead atoms. The molecule has 1 atom stereocenters. The van der Waals surface area contributed by atoms with Crippen LogP contribution < -0.4 is 10.5 Å². The lowest BCUT2D eigenvalue weighted by Gasteiger charge is -2.24. The third-order valence-corrected chi connectivity index (χ3v) is 4.14. The molecule has 118 valence electrons. The second-order valence-corrected chi connectivity index (χ2v) is 5.36. The standard InChI is InChI=1S/C15H15F3N2O2/c1-2-20-8(7-21)5-9-12(20)4-3-11-14(9)10(15(16,17)18)6-13(22)19-11/h3-4,6,8,21H,2,5,7H2,1H3,(H,19,22)/t8-/m0/s1. The molecule has 0 unspecified atom stereocenters. The Morgan fingerprint density at radius 3 is 2.73 bits per heavy atom. The number of hydrogen-bond donors (Lipinski definition) is 2. The van der Waals surface area contributed by atoms with Gasteiger partial charge < -0.3 is 15.0 Å². The van der Waals surface area contributed by atoms with Crippen LogP contribution in [0.5, 0.6) is 0 Å². The van der Waals surface area contributed by atoms with Crippen molar-refractivity contribution in [1.29, 1.82) is 0 Å². The van der Waals surface area contributed by atoms with Crippen LogP contribution in [-0.2, 0) is 12.6 Å². The number of halogens is 3. The predicted molar refractivity (Wildman–Crippen MR) is 77.2 cm³/mol. The van der Waals surface area contributed by atoms with Gasteiger partial charge in [0, 0.05) is 29.2 Å². The van der Waals surface area contributed by atoms with Crippen molar-refractivity contribution in [1.82, 2.24) is 4.98 Å². The highest BCUT2D eigenvalue weighted by molar-refractivity contribution is 5.92. The SMILES string of the molecule is CCN1c2ccc3[nH]c(=O)cc(C(F)(F)F)c3c2C[C@H]1CO. The number of aromatic amines is 1. The number of aliphatic hydroxyl groups excluding tert-OH is 1. The highest BCUT2D eigenvalue weighted by Gasteiger charge is 2.37. The maximum absolute atomic E-state index is 13.3. The summed E-state index contributed by atoms with van der Waals surface area (Å²) in [5.74, 6) is 0. The van der Waals surface area contributed by atoms with E-state index in [1.807, 2.05) is 11.8 Å². The molecule has 7 heteroatoms. The number of pyridine rings is 1. The third-order valence-electron chi connectivity index (χ3n) is 4.14. The first-order valence-corrected chi connectivity index (χ1v) is 7.00. The number of likely N-dealkylation sites (N-methyl/N-ethyl adjacent to an activating group) is 1. The van der Waals surface area contributed by atoms with Gasteiger partial charge in [0.25, 0.3) is 0 Å². The fourth-order valence-corrected chi connectivity index (χ4v) is 3.25. The topological polar surface area (TPSA) is 56.3 Å². The minimum Gasteiger partial charge on any atom is -0.394 e. The largest absolute Gasteiger partial charge is 0.417 e. The van der Waals surface area contributed by atoms with Crippen molar-refractivity contribution >= 4 is 16.6 Å². The Kier molecular flexibility index (Phi) is 3.40. The molecule has 0 amide bonds. The van der Waals surface area contributed by atoms with E-state index in [-0.39, 0.29) is 23.6 Å². The number of fused-ring (bicyclic) bond motifs is 3. The highest BCUT2D eigenvalue weighted by Crippen LogP contribution is 2.41. The van der Waals surface area contributed by atoms with Gasteiger partial charge in [0.15, 0.2) is 0 Å². The summed E-state index contributed by atoms with van der Waals surface area (Å²) < 4.78 is 39.9. The Balaban J connectivity index is 2.36. The Bertz CT molecular complexity index is 783. The molecule has 2 aromatic rings. The molecule has 22 heavy (non-hydrogen) atoms. The van der Waals surface area contributed by atoms with Crippen molar-refractivity contribution in [3.8, 4) is 0 Å². The molecule has 2 N–H and O–H groups in total. The molecule has 0 saturated carbocycles. The molecular weight excluding hydrogens is 297 g/mol. The van der Waals surface area contributed by atoms with E-state index in [1.165, 1.54) is 6.07 Å². The molecule has 2 heterocycles. The van der Waals surface area contributed by atoms with E-state index in [2.05, 4.69) is 4.98 Å². The van der Waals surface area contributed by atoms with Crippen molar-refractivity contribution in [2.45, 2.75) is 25.6 Å². The summed E-state index contributed by atoms with van der Waals surface area (Å²) in [5, 5.41) is 9.49. The van der Waals surface area contributed by atoms with Crippen molar-refractivity contribution in [2.24, 2.45) is 0 Å². The van der Waals surface area contributed by atoms with Gasteiger partial charge in [-0.3, -0.25) is 4.79 Å². The summed E-state index contributed by atoms with van der Waals surface area (Å²) in [4.78, 5) is 15.8. The lowest BCUT2D eigenvalue weighted by Crippen LogP contribution is -2.34. The number of aliphatic hydroxyl groups is 1. The molecule has 0 saturated heterocycles. The zero-order valence-electron chi connectivity index (χ0n) is 11.9. The second-order valence-electron chi connectivity index (χ2n) is 5.36. The monoisotopic (exact) mass is 312 g/mol. The number of hydrogen-bond acceptors (Lipinski definition) is 3. The Morgan fingerprint density at radius 1 is 1.41 bits per heavy atom. The number of nitrogens with one attached hydrogen (secondary N) is 1. The zero-order valence-corrected chi connectivity index (χ0v) is 11.9. The van der Waals surface area contributed by atoms with Crippen LogP contribution in [0.25, 0.3) is 10.9 Å². The zero-order chi connectivity index (χ0) is 16.1. The van der Waals surface area contributed by atoms with Gasteiger partial charge in [0.05, 0.1) is 18.2 Å². The predicted octanol–water partition coefficient (Wildman–Crippen LogP) is 2.29. The van der Waals surface area contributed by atoms with Gasteiger partial charge >= 0.3 is 6.18 Å². The number of nitrogens with zero attached hydrogens (tertiary/aromatic N) is 1. The quantitative estimate of drug-likeness (QED) is 0.894. The molecule has 4 nitrogen and oxygen atoms in total. The molecule has 3 rings (SSSR count). The first kappa shape index (κ1) is 14.9. The van der Waals surface area contributed by atoms with Crippen molar-refractivity contribution < 1.29 is 18.3 Å². The van der Waals surface area contributed by atoms with Crippen LogP contribution in [0.3, 0.4) is 0 Å². The van der Waals surface area contributed by atoms with E-state index in [9.17, 15) is 23.1 Å². The van der Waals surface area contributed by atoms with Crippen LogP contribution in [0.4, 0.5) is 18.9 Å². The number of benzene rings is 1. The van der Waals surface area contributed by atoms with E-state index < -0.39 is 17.3 Å². The van der Waals surface area contributed by atoms with Crippen LogP contribution >= 0.6 is 0 Å². The molecule has 0 spiro atoms. The fourth-order valence-electron chi connectivity index (χ4n) is 3.25. The highest BCUT2D eigenvalue weighted by atomic mass is 19.4. The van der Waals surface area contributed by atoms with E-state index in [1.54, 1.807) is 6.07 Å². The molecule has 1 aliphatic rings. The normalized spacial score (nSPS) is 18.0. The van der Waals surface area contributed by atoms with Crippen molar-refractivity contribution in [2.75, 3.05) is 18.1 Å². The number of aromatic nitrogens is 1. The van der Waals surface area contributed by atoms with Gasteiger partial charge in [-0.2, -0.15) is 13.2 Å². The number of alkyl halides is 3. The van der Waals surface area contributed by atoms with Crippen LogP contribution in [-0.4, -0.2) is 29.3 Å². The molecule has 0 fully saturated rings. The maximum Gasteiger partial charge on any atom is 0.417 e. The maximum atomic E-state index is 13.3. The van der Waals surface area contributed by atoms with Gasteiger partial charge in [-0.15, -0.1) is 0 Å².